The highest BCUT2D eigenvalue weighted by atomic mass is 16.5. The lowest BCUT2D eigenvalue weighted by atomic mass is 9.99. The highest BCUT2D eigenvalue weighted by Gasteiger charge is 2.24. The first-order chi connectivity index (χ1) is 9.09. The molecule has 0 aliphatic carbocycles. The van der Waals surface area contributed by atoms with Crippen LogP contribution in [0.5, 0.6) is 5.75 Å². The Morgan fingerprint density at radius 1 is 1.42 bits per heavy atom. The smallest absolute Gasteiger partial charge is 0.237 e. The predicted molar refractivity (Wildman–Crippen MR) is 74.9 cm³/mol. The van der Waals surface area contributed by atoms with Crippen LogP contribution in [0.4, 0.5) is 0 Å². The zero-order valence-electron chi connectivity index (χ0n) is 11.6. The average Bonchev–Trinajstić information content (AvgIpc) is 2.60. The quantitative estimate of drug-likeness (QED) is 0.875. The van der Waals surface area contributed by atoms with Crippen molar-refractivity contribution in [3.05, 3.63) is 29.8 Å². The van der Waals surface area contributed by atoms with Crippen molar-refractivity contribution in [2.75, 3.05) is 6.61 Å². The topological polar surface area (TPSA) is 64.4 Å². The fourth-order valence-corrected chi connectivity index (χ4v) is 2.25. The van der Waals surface area contributed by atoms with Crippen molar-refractivity contribution >= 4 is 5.91 Å². The molecule has 1 heterocycles. The molecule has 2 rings (SSSR count). The first kappa shape index (κ1) is 13.9. The third-order valence-corrected chi connectivity index (χ3v) is 3.53. The van der Waals surface area contributed by atoms with Gasteiger partial charge in [0.2, 0.25) is 5.91 Å². The lowest BCUT2D eigenvalue weighted by molar-refractivity contribution is -0.124. The minimum absolute atomic E-state index is 0.00370. The van der Waals surface area contributed by atoms with Gasteiger partial charge in [-0.2, -0.15) is 0 Å². The third-order valence-electron chi connectivity index (χ3n) is 3.53. The van der Waals surface area contributed by atoms with E-state index in [1.807, 2.05) is 38.1 Å². The molecule has 1 amide bonds. The number of benzene rings is 1. The highest BCUT2D eigenvalue weighted by molar-refractivity contribution is 5.82. The van der Waals surface area contributed by atoms with Crippen LogP contribution in [0.25, 0.3) is 0 Å². The second-order valence-corrected chi connectivity index (χ2v) is 5.36. The van der Waals surface area contributed by atoms with Gasteiger partial charge >= 0.3 is 0 Å². The second-order valence-electron chi connectivity index (χ2n) is 5.36. The number of carbonyl (C=O) groups is 1. The Kier molecular flexibility index (Phi) is 4.43. The van der Waals surface area contributed by atoms with E-state index in [1.165, 1.54) is 0 Å². The summed E-state index contributed by atoms with van der Waals surface area (Å²) < 4.78 is 5.69. The van der Waals surface area contributed by atoms with Crippen molar-refractivity contribution in [3.63, 3.8) is 0 Å². The number of rotatable bonds is 3. The van der Waals surface area contributed by atoms with Gasteiger partial charge in [-0.1, -0.05) is 32.0 Å². The fraction of sp³-hybridized carbons (Fsp3) is 0.533. The van der Waals surface area contributed by atoms with Crippen LogP contribution in [0.3, 0.4) is 0 Å². The Bertz CT molecular complexity index is 446. The molecule has 3 N–H and O–H groups in total. The van der Waals surface area contributed by atoms with E-state index in [2.05, 4.69) is 5.32 Å². The number of fused-ring (bicyclic) bond motifs is 1. The number of amides is 1. The number of para-hydroxylation sites is 1. The van der Waals surface area contributed by atoms with Crippen LogP contribution in [0.15, 0.2) is 24.3 Å². The molecule has 4 heteroatoms. The number of carbonyl (C=O) groups excluding carboxylic acids is 1. The highest BCUT2D eigenvalue weighted by Crippen LogP contribution is 2.31. The molecular formula is C15H22N2O2. The molecule has 0 aromatic heterocycles. The summed E-state index contributed by atoms with van der Waals surface area (Å²) in [5, 5.41) is 3.05. The van der Waals surface area contributed by atoms with E-state index in [4.69, 9.17) is 10.5 Å². The number of nitrogens with two attached hydrogens (primary N) is 1. The lowest BCUT2D eigenvalue weighted by Gasteiger charge is -2.22. The van der Waals surface area contributed by atoms with Gasteiger partial charge in [0.1, 0.15) is 5.75 Å². The SMILES string of the molecule is CC(C)[C@H](N)C(=O)NC1CCCOc2ccccc21. The summed E-state index contributed by atoms with van der Waals surface area (Å²) in [5.74, 6) is 0.914. The minimum Gasteiger partial charge on any atom is -0.493 e. The van der Waals surface area contributed by atoms with Crippen molar-refractivity contribution in [3.8, 4) is 5.75 Å². The first-order valence-corrected chi connectivity index (χ1v) is 6.87. The number of ether oxygens (including phenoxy) is 1. The maximum absolute atomic E-state index is 12.1. The maximum Gasteiger partial charge on any atom is 0.237 e. The van der Waals surface area contributed by atoms with Crippen molar-refractivity contribution in [1.82, 2.24) is 5.32 Å². The Morgan fingerprint density at radius 3 is 2.89 bits per heavy atom. The molecule has 0 bridgehead atoms. The van der Waals surface area contributed by atoms with Gasteiger partial charge in [0.15, 0.2) is 0 Å². The van der Waals surface area contributed by atoms with Gasteiger partial charge in [0.05, 0.1) is 18.7 Å². The molecule has 0 fully saturated rings. The standard InChI is InChI=1S/C15H22N2O2/c1-10(2)14(16)15(18)17-12-7-5-9-19-13-8-4-3-6-11(12)13/h3-4,6,8,10,12,14H,5,7,9,16H2,1-2H3,(H,17,18)/t12?,14-/m0/s1. The van der Waals surface area contributed by atoms with Crippen molar-refractivity contribution in [2.45, 2.75) is 38.8 Å². The van der Waals surface area contributed by atoms with E-state index in [1.54, 1.807) is 0 Å². The molecule has 1 aromatic carbocycles. The molecule has 0 saturated heterocycles. The van der Waals surface area contributed by atoms with Crippen LogP contribution >= 0.6 is 0 Å². The van der Waals surface area contributed by atoms with Crippen LogP contribution in [0.1, 0.15) is 38.3 Å². The van der Waals surface area contributed by atoms with Crippen molar-refractivity contribution in [1.29, 1.82) is 0 Å². The Balaban J connectivity index is 2.14. The van der Waals surface area contributed by atoms with E-state index >= 15 is 0 Å². The monoisotopic (exact) mass is 262 g/mol. The zero-order valence-corrected chi connectivity index (χ0v) is 11.6. The van der Waals surface area contributed by atoms with E-state index in [0.29, 0.717) is 6.61 Å². The van der Waals surface area contributed by atoms with Gasteiger partial charge in [0, 0.05) is 5.56 Å². The minimum atomic E-state index is -0.462. The van der Waals surface area contributed by atoms with Crippen molar-refractivity contribution in [2.24, 2.45) is 11.7 Å². The lowest BCUT2D eigenvalue weighted by Crippen LogP contribution is -2.45. The summed E-state index contributed by atoms with van der Waals surface area (Å²) in [6.07, 6.45) is 1.81. The van der Waals surface area contributed by atoms with Crippen LogP contribution in [0, 0.1) is 5.92 Å². The van der Waals surface area contributed by atoms with E-state index in [-0.39, 0.29) is 17.9 Å². The molecule has 0 radical (unpaired) electrons. The summed E-state index contributed by atoms with van der Waals surface area (Å²) in [7, 11) is 0. The summed E-state index contributed by atoms with van der Waals surface area (Å²) in [5.41, 5.74) is 6.94. The molecule has 0 spiro atoms. The Morgan fingerprint density at radius 2 is 2.16 bits per heavy atom. The summed E-state index contributed by atoms with van der Waals surface area (Å²) in [6, 6.07) is 7.40. The number of nitrogens with one attached hydrogen (secondary N) is 1. The van der Waals surface area contributed by atoms with Crippen molar-refractivity contribution < 1.29 is 9.53 Å². The Hall–Kier alpha value is -1.55. The summed E-state index contributed by atoms with van der Waals surface area (Å²) in [6.45, 7) is 4.60. The van der Waals surface area contributed by atoms with Gasteiger partial charge in [-0.3, -0.25) is 4.79 Å². The molecule has 19 heavy (non-hydrogen) atoms. The van der Waals surface area contributed by atoms with Crippen LogP contribution in [-0.4, -0.2) is 18.6 Å². The third kappa shape index (κ3) is 3.26. The average molecular weight is 262 g/mol. The van der Waals surface area contributed by atoms with Gasteiger partial charge in [-0.15, -0.1) is 0 Å². The molecule has 2 atom stereocenters. The summed E-state index contributed by atoms with van der Waals surface area (Å²) >= 11 is 0. The molecular weight excluding hydrogens is 240 g/mol. The molecule has 4 nitrogen and oxygen atoms in total. The second kappa shape index (κ2) is 6.06. The number of hydrogen-bond acceptors (Lipinski definition) is 3. The molecule has 1 unspecified atom stereocenters. The molecule has 1 aliphatic heterocycles. The largest absolute Gasteiger partial charge is 0.493 e. The predicted octanol–water partition coefficient (Wildman–Crippen LogP) is 2.00. The first-order valence-electron chi connectivity index (χ1n) is 6.87. The zero-order chi connectivity index (χ0) is 13.8. The van der Waals surface area contributed by atoms with Crippen LogP contribution in [-0.2, 0) is 4.79 Å². The van der Waals surface area contributed by atoms with Gasteiger partial charge in [-0.25, -0.2) is 0 Å². The fourth-order valence-electron chi connectivity index (χ4n) is 2.25. The normalized spacial score (nSPS) is 20.1. The van der Waals surface area contributed by atoms with Gasteiger partial charge in [0.25, 0.3) is 0 Å². The van der Waals surface area contributed by atoms with E-state index in [9.17, 15) is 4.79 Å². The van der Waals surface area contributed by atoms with Gasteiger partial charge < -0.3 is 15.8 Å². The number of hydrogen-bond donors (Lipinski definition) is 2. The van der Waals surface area contributed by atoms with E-state index < -0.39 is 6.04 Å². The van der Waals surface area contributed by atoms with Gasteiger partial charge in [-0.05, 0) is 24.8 Å². The maximum atomic E-state index is 12.1. The molecule has 1 aromatic rings. The molecule has 104 valence electrons. The Labute approximate surface area is 114 Å². The van der Waals surface area contributed by atoms with Crippen LogP contribution in [0.2, 0.25) is 0 Å². The molecule has 0 saturated carbocycles. The van der Waals surface area contributed by atoms with Crippen LogP contribution < -0.4 is 15.8 Å². The molecule has 1 aliphatic rings. The summed E-state index contributed by atoms with van der Waals surface area (Å²) in [4.78, 5) is 12.1. The van der Waals surface area contributed by atoms with E-state index in [0.717, 1.165) is 24.2 Å².